The van der Waals surface area contributed by atoms with Crippen LogP contribution in [0.15, 0.2) is 30.6 Å². The summed E-state index contributed by atoms with van der Waals surface area (Å²) in [5.74, 6) is 2.18. The van der Waals surface area contributed by atoms with Gasteiger partial charge < -0.3 is 29.4 Å². The van der Waals surface area contributed by atoms with Crippen molar-refractivity contribution in [2.24, 2.45) is 7.05 Å². The molecule has 2 N–H and O–H groups in total. The molecule has 27 heavy (non-hydrogen) atoms. The molecule has 8 nitrogen and oxygen atoms in total. The van der Waals surface area contributed by atoms with E-state index in [0.717, 1.165) is 23.6 Å². The molecule has 146 valence electrons. The van der Waals surface area contributed by atoms with Crippen LogP contribution in [0.5, 0.6) is 11.5 Å². The third kappa shape index (κ3) is 4.71. The second-order valence-corrected chi connectivity index (χ2v) is 6.53. The zero-order valence-electron chi connectivity index (χ0n) is 15.7. The van der Waals surface area contributed by atoms with Crippen LogP contribution in [0, 0.1) is 0 Å². The van der Waals surface area contributed by atoms with Gasteiger partial charge in [-0.1, -0.05) is 6.07 Å². The number of nitrogens with one attached hydrogen (secondary N) is 1. The quantitative estimate of drug-likeness (QED) is 0.806. The fourth-order valence-corrected chi connectivity index (χ4v) is 2.90. The summed E-state index contributed by atoms with van der Waals surface area (Å²) in [5, 5.41) is 12.3. The SMILES string of the molecule is C[C@@H](NC(=O)N(CCO)Cc1nccn1C)c1ccc2c(c1)OCCCO2. The number of aliphatic hydroxyl groups is 1. The molecule has 2 aromatic rings. The first-order chi connectivity index (χ1) is 13.1. The number of aryl methyl sites for hydroxylation is 1. The molecule has 0 spiro atoms. The van der Waals surface area contributed by atoms with Gasteiger partial charge in [-0.15, -0.1) is 0 Å². The summed E-state index contributed by atoms with van der Waals surface area (Å²) in [6, 6.07) is 5.22. The van der Waals surface area contributed by atoms with Crippen molar-refractivity contribution >= 4 is 6.03 Å². The summed E-state index contributed by atoms with van der Waals surface area (Å²) in [7, 11) is 1.87. The first-order valence-electron chi connectivity index (χ1n) is 9.10. The van der Waals surface area contributed by atoms with Gasteiger partial charge in [-0.2, -0.15) is 0 Å². The third-order valence-electron chi connectivity index (χ3n) is 4.52. The van der Waals surface area contributed by atoms with E-state index < -0.39 is 0 Å². The number of hydrogen-bond donors (Lipinski definition) is 2. The monoisotopic (exact) mass is 374 g/mol. The van der Waals surface area contributed by atoms with Gasteiger partial charge in [0, 0.05) is 32.4 Å². The summed E-state index contributed by atoms with van der Waals surface area (Å²) < 4.78 is 13.2. The van der Waals surface area contributed by atoms with Gasteiger partial charge in [0.1, 0.15) is 5.82 Å². The van der Waals surface area contributed by atoms with Crippen LogP contribution < -0.4 is 14.8 Å². The molecule has 0 radical (unpaired) electrons. The van der Waals surface area contributed by atoms with Crippen LogP contribution in [0.4, 0.5) is 4.79 Å². The Bertz CT molecular complexity index is 777. The number of carbonyl (C=O) groups excluding carboxylic acids is 1. The Morgan fingerprint density at radius 1 is 1.37 bits per heavy atom. The van der Waals surface area contributed by atoms with Gasteiger partial charge in [0.2, 0.25) is 0 Å². The predicted octanol–water partition coefficient (Wildman–Crippen LogP) is 1.85. The fraction of sp³-hybridized carbons (Fsp3) is 0.474. The molecule has 0 saturated heterocycles. The van der Waals surface area contributed by atoms with E-state index in [-0.39, 0.29) is 25.2 Å². The number of rotatable bonds is 6. The smallest absolute Gasteiger partial charge is 0.318 e. The number of nitrogens with zero attached hydrogens (tertiary/aromatic N) is 3. The lowest BCUT2D eigenvalue weighted by molar-refractivity contribution is 0.169. The van der Waals surface area contributed by atoms with Crippen LogP contribution in [-0.2, 0) is 13.6 Å². The van der Waals surface area contributed by atoms with Gasteiger partial charge in [0.15, 0.2) is 11.5 Å². The molecule has 0 fully saturated rings. The molecule has 3 rings (SSSR count). The summed E-state index contributed by atoms with van der Waals surface area (Å²) >= 11 is 0. The van der Waals surface area contributed by atoms with Gasteiger partial charge in [0.25, 0.3) is 0 Å². The number of amides is 2. The number of ether oxygens (including phenoxy) is 2. The summed E-state index contributed by atoms with van der Waals surface area (Å²) in [6.07, 6.45) is 4.36. The largest absolute Gasteiger partial charge is 0.490 e. The number of benzene rings is 1. The van der Waals surface area contributed by atoms with Crippen LogP contribution in [0.3, 0.4) is 0 Å². The standard InChI is InChI=1S/C19H26N4O4/c1-14(15-4-5-16-17(12-15)27-11-3-10-26-16)21-19(25)23(8-9-24)13-18-20-6-7-22(18)2/h4-7,12,14,24H,3,8-11,13H2,1-2H3,(H,21,25)/t14-/m1/s1. The Kier molecular flexibility index (Phi) is 6.18. The van der Waals surface area contributed by atoms with Gasteiger partial charge in [0.05, 0.1) is 32.4 Å². The predicted molar refractivity (Wildman–Crippen MR) is 99.7 cm³/mol. The van der Waals surface area contributed by atoms with Gasteiger partial charge in [-0.05, 0) is 24.6 Å². The van der Waals surface area contributed by atoms with E-state index in [4.69, 9.17) is 9.47 Å². The molecule has 0 bridgehead atoms. The number of carbonyl (C=O) groups is 1. The third-order valence-corrected chi connectivity index (χ3v) is 4.52. The van der Waals surface area contributed by atoms with Crippen molar-refractivity contribution in [3.8, 4) is 11.5 Å². The molecule has 2 amide bonds. The van der Waals surface area contributed by atoms with Crippen LogP contribution in [0.25, 0.3) is 0 Å². The molecule has 2 heterocycles. The van der Waals surface area contributed by atoms with Crippen molar-refractivity contribution in [3.05, 3.63) is 42.0 Å². The van der Waals surface area contributed by atoms with Crippen molar-refractivity contribution in [1.82, 2.24) is 19.8 Å². The Morgan fingerprint density at radius 3 is 2.85 bits per heavy atom. The molecule has 1 aliphatic heterocycles. The molecule has 0 saturated carbocycles. The molecule has 0 aliphatic carbocycles. The second-order valence-electron chi connectivity index (χ2n) is 6.53. The van der Waals surface area contributed by atoms with Crippen molar-refractivity contribution in [3.63, 3.8) is 0 Å². The zero-order valence-corrected chi connectivity index (χ0v) is 15.7. The topological polar surface area (TPSA) is 88.9 Å². The number of urea groups is 1. The number of hydrogen-bond acceptors (Lipinski definition) is 5. The highest BCUT2D eigenvalue weighted by Gasteiger charge is 2.19. The molecular formula is C19H26N4O4. The Hall–Kier alpha value is -2.74. The maximum absolute atomic E-state index is 12.7. The number of aromatic nitrogens is 2. The molecular weight excluding hydrogens is 348 g/mol. The lowest BCUT2D eigenvalue weighted by Gasteiger charge is -2.25. The van der Waals surface area contributed by atoms with E-state index in [1.807, 2.05) is 42.9 Å². The molecule has 0 unspecified atom stereocenters. The average molecular weight is 374 g/mol. The number of fused-ring (bicyclic) bond motifs is 1. The lowest BCUT2D eigenvalue weighted by Crippen LogP contribution is -2.42. The molecule has 1 atom stereocenters. The van der Waals surface area contributed by atoms with Gasteiger partial charge in [-0.25, -0.2) is 9.78 Å². The van der Waals surface area contributed by atoms with E-state index in [1.54, 1.807) is 11.1 Å². The van der Waals surface area contributed by atoms with Gasteiger partial charge in [-0.3, -0.25) is 0 Å². The van der Waals surface area contributed by atoms with Crippen LogP contribution in [0.1, 0.15) is 30.8 Å². The maximum Gasteiger partial charge on any atom is 0.318 e. The highest BCUT2D eigenvalue weighted by molar-refractivity contribution is 5.74. The van der Waals surface area contributed by atoms with Crippen molar-refractivity contribution in [2.45, 2.75) is 25.9 Å². The first-order valence-corrected chi connectivity index (χ1v) is 9.10. The Labute approximate surface area is 158 Å². The van der Waals surface area contributed by atoms with E-state index >= 15 is 0 Å². The van der Waals surface area contributed by atoms with Gasteiger partial charge >= 0.3 is 6.03 Å². The normalized spacial score (nSPS) is 14.3. The molecule has 8 heteroatoms. The van der Waals surface area contributed by atoms with E-state index in [0.29, 0.717) is 25.5 Å². The van der Waals surface area contributed by atoms with Crippen LogP contribution in [0.2, 0.25) is 0 Å². The maximum atomic E-state index is 12.7. The zero-order chi connectivity index (χ0) is 19.2. The minimum Gasteiger partial charge on any atom is -0.490 e. The molecule has 1 aromatic heterocycles. The lowest BCUT2D eigenvalue weighted by atomic mass is 10.1. The molecule has 1 aromatic carbocycles. The Morgan fingerprint density at radius 2 is 2.15 bits per heavy atom. The highest BCUT2D eigenvalue weighted by atomic mass is 16.5. The van der Waals surface area contributed by atoms with Crippen molar-refractivity contribution < 1.29 is 19.4 Å². The van der Waals surface area contributed by atoms with E-state index in [9.17, 15) is 9.90 Å². The van der Waals surface area contributed by atoms with E-state index in [1.165, 1.54) is 0 Å². The number of imidazole rings is 1. The minimum absolute atomic E-state index is 0.115. The summed E-state index contributed by atoms with van der Waals surface area (Å²) in [5.41, 5.74) is 0.925. The van der Waals surface area contributed by atoms with Crippen LogP contribution >= 0.6 is 0 Å². The van der Waals surface area contributed by atoms with E-state index in [2.05, 4.69) is 10.3 Å². The van der Waals surface area contributed by atoms with Crippen molar-refractivity contribution in [1.29, 1.82) is 0 Å². The summed E-state index contributed by atoms with van der Waals surface area (Å²) in [4.78, 5) is 18.5. The average Bonchev–Trinajstić information content (AvgIpc) is 2.92. The van der Waals surface area contributed by atoms with Crippen molar-refractivity contribution in [2.75, 3.05) is 26.4 Å². The second kappa shape index (κ2) is 8.77. The number of aliphatic hydroxyl groups excluding tert-OH is 1. The fourth-order valence-electron chi connectivity index (χ4n) is 2.90. The molecule has 1 aliphatic rings. The van der Waals surface area contributed by atoms with Crippen LogP contribution in [-0.4, -0.2) is 52.0 Å². The highest BCUT2D eigenvalue weighted by Crippen LogP contribution is 2.32. The summed E-state index contributed by atoms with van der Waals surface area (Å²) in [6.45, 7) is 3.61. The minimum atomic E-state index is -0.258. The Balaban J connectivity index is 1.67. The first kappa shape index (κ1) is 19.0.